The molecule has 0 spiro atoms. The molecule has 13 heavy (non-hydrogen) atoms. The fraction of sp³-hybridized carbons (Fsp3) is 0.500. The average molecular weight is 205 g/mol. The van der Waals surface area contributed by atoms with Crippen molar-refractivity contribution in [2.75, 3.05) is 0 Å². The predicted molar refractivity (Wildman–Crippen MR) is 52.5 cm³/mol. The Kier molecular flexibility index (Phi) is 4.72. The summed E-state index contributed by atoms with van der Waals surface area (Å²) >= 11 is 0. The Labute approximate surface area is 78.9 Å². The molecule has 0 radical (unpaired) electrons. The van der Waals surface area contributed by atoms with Crippen LogP contribution in [0, 0.1) is 0 Å². The first-order valence-corrected chi connectivity index (χ1v) is 5.57. The molecule has 0 atom stereocenters. The minimum absolute atomic E-state index is 0.0340. The average Bonchev–Trinajstić information content (AvgIpc) is 2.07. The van der Waals surface area contributed by atoms with Gasteiger partial charge in [-0.3, -0.25) is 4.55 Å². The second kappa shape index (κ2) is 5.04. The molecule has 4 nitrogen and oxygen atoms in total. The highest BCUT2D eigenvalue weighted by atomic mass is 32.2. The van der Waals surface area contributed by atoms with E-state index in [1.165, 1.54) is 12.2 Å². The Bertz CT molecular complexity index is 314. The molecule has 3 N–H and O–H groups in total. The summed E-state index contributed by atoms with van der Waals surface area (Å²) in [6.45, 7) is 4.00. The van der Waals surface area contributed by atoms with Crippen molar-refractivity contribution in [1.82, 2.24) is 0 Å². The molecule has 0 heterocycles. The molecule has 0 bridgehead atoms. The molecule has 1 aliphatic carbocycles. The second-order valence-electron chi connectivity index (χ2n) is 2.35. The van der Waals surface area contributed by atoms with Crippen molar-refractivity contribution in [2.45, 2.75) is 26.7 Å². The molecule has 0 aromatic rings. The molecule has 0 amide bonds. The first-order chi connectivity index (χ1) is 6.00. The van der Waals surface area contributed by atoms with Gasteiger partial charge >= 0.3 is 0 Å². The lowest BCUT2D eigenvalue weighted by Crippen LogP contribution is -2.08. The van der Waals surface area contributed by atoms with Crippen molar-refractivity contribution >= 4 is 10.1 Å². The van der Waals surface area contributed by atoms with Crippen LogP contribution in [0.15, 0.2) is 22.8 Å². The molecule has 0 fully saturated rings. The van der Waals surface area contributed by atoms with Crippen molar-refractivity contribution in [3.8, 4) is 0 Å². The lowest BCUT2D eigenvalue weighted by molar-refractivity contribution is 0.488. The SMILES string of the molecule is CC.NC1=CC=C(S(=O)(=O)O)CC1. The zero-order valence-corrected chi connectivity index (χ0v) is 8.63. The third kappa shape index (κ3) is 4.10. The Balaban J connectivity index is 0.000000671. The van der Waals surface area contributed by atoms with Crippen molar-refractivity contribution in [2.24, 2.45) is 5.73 Å². The summed E-state index contributed by atoms with van der Waals surface area (Å²) in [4.78, 5) is 0.0340. The van der Waals surface area contributed by atoms with E-state index in [1.807, 2.05) is 13.8 Å². The predicted octanol–water partition coefficient (Wildman–Crippen LogP) is 1.42. The number of allylic oxidation sites excluding steroid dienone is 4. The summed E-state index contributed by atoms with van der Waals surface area (Å²) in [5.74, 6) is 0. The van der Waals surface area contributed by atoms with Crippen LogP contribution in [0.3, 0.4) is 0 Å². The highest BCUT2D eigenvalue weighted by Crippen LogP contribution is 2.18. The standard InChI is InChI=1S/C6H9NO3S.C2H6/c7-5-1-3-6(4-2-5)11(8,9)10;1-2/h1,3H,2,4,7H2,(H,8,9,10);1-2H3. The molecule has 1 aliphatic rings. The van der Waals surface area contributed by atoms with Crippen molar-refractivity contribution in [3.63, 3.8) is 0 Å². The Hall–Kier alpha value is -0.810. The highest BCUT2D eigenvalue weighted by molar-refractivity contribution is 7.89. The van der Waals surface area contributed by atoms with Crippen molar-refractivity contribution < 1.29 is 13.0 Å². The van der Waals surface area contributed by atoms with Gasteiger partial charge in [0, 0.05) is 5.70 Å². The van der Waals surface area contributed by atoms with Crippen molar-refractivity contribution in [1.29, 1.82) is 0 Å². The van der Waals surface area contributed by atoms with Crippen LogP contribution in [-0.4, -0.2) is 13.0 Å². The van der Waals surface area contributed by atoms with Crippen LogP contribution < -0.4 is 5.73 Å². The lowest BCUT2D eigenvalue weighted by atomic mass is 10.1. The largest absolute Gasteiger partial charge is 0.402 e. The Morgan fingerprint density at radius 3 is 2.15 bits per heavy atom. The van der Waals surface area contributed by atoms with Crippen LogP contribution in [0.1, 0.15) is 26.7 Å². The topological polar surface area (TPSA) is 80.4 Å². The summed E-state index contributed by atoms with van der Waals surface area (Å²) in [6, 6.07) is 0. The van der Waals surface area contributed by atoms with E-state index in [0.717, 1.165) is 0 Å². The number of rotatable bonds is 1. The van der Waals surface area contributed by atoms with Gasteiger partial charge in [0.25, 0.3) is 10.1 Å². The molecule has 1 rings (SSSR count). The summed E-state index contributed by atoms with van der Waals surface area (Å²) in [5.41, 5.74) is 6.02. The summed E-state index contributed by atoms with van der Waals surface area (Å²) in [7, 11) is -3.99. The maximum absolute atomic E-state index is 10.5. The maximum atomic E-state index is 10.5. The summed E-state index contributed by atoms with van der Waals surface area (Å²) in [6.07, 6.45) is 3.60. The van der Waals surface area contributed by atoms with E-state index in [9.17, 15) is 8.42 Å². The monoisotopic (exact) mass is 205 g/mol. The first-order valence-electron chi connectivity index (χ1n) is 4.13. The minimum atomic E-state index is -3.99. The Morgan fingerprint density at radius 2 is 1.85 bits per heavy atom. The van der Waals surface area contributed by atoms with E-state index >= 15 is 0 Å². The fourth-order valence-corrected chi connectivity index (χ4v) is 1.45. The number of nitrogens with two attached hydrogens (primary N) is 1. The molecule has 0 saturated carbocycles. The molecule has 0 saturated heterocycles. The van der Waals surface area contributed by atoms with Gasteiger partial charge in [0.05, 0.1) is 4.91 Å². The zero-order valence-electron chi connectivity index (χ0n) is 7.82. The van der Waals surface area contributed by atoms with Crippen LogP contribution in [0.2, 0.25) is 0 Å². The summed E-state index contributed by atoms with van der Waals surface area (Å²) < 4.78 is 29.6. The van der Waals surface area contributed by atoms with E-state index in [-0.39, 0.29) is 4.91 Å². The lowest BCUT2D eigenvalue weighted by Gasteiger charge is -2.07. The van der Waals surface area contributed by atoms with Gasteiger partial charge in [0.15, 0.2) is 0 Å². The van der Waals surface area contributed by atoms with E-state index < -0.39 is 10.1 Å². The van der Waals surface area contributed by atoms with Gasteiger partial charge in [-0.2, -0.15) is 8.42 Å². The molecule has 0 aliphatic heterocycles. The van der Waals surface area contributed by atoms with E-state index in [1.54, 1.807) is 0 Å². The van der Waals surface area contributed by atoms with Gasteiger partial charge in [-0.05, 0) is 25.0 Å². The smallest absolute Gasteiger partial charge is 0.290 e. The molecule has 76 valence electrons. The molecule has 5 heteroatoms. The second-order valence-corrected chi connectivity index (χ2v) is 3.82. The van der Waals surface area contributed by atoms with Crippen molar-refractivity contribution in [3.05, 3.63) is 22.8 Å². The van der Waals surface area contributed by atoms with E-state index in [2.05, 4.69) is 0 Å². The number of hydrogen-bond donors (Lipinski definition) is 2. The number of hydrogen-bond acceptors (Lipinski definition) is 3. The van der Waals surface area contributed by atoms with Crippen LogP contribution in [-0.2, 0) is 10.1 Å². The Morgan fingerprint density at radius 1 is 1.31 bits per heavy atom. The quantitative estimate of drug-likeness (QED) is 0.634. The molecule has 0 aromatic carbocycles. The third-order valence-corrected chi connectivity index (χ3v) is 2.48. The highest BCUT2D eigenvalue weighted by Gasteiger charge is 2.15. The molecule has 0 aromatic heterocycles. The first kappa shape index (κ1) is 12.2. The van der Waals surface area contributed by atoms with Gasteiger partial charge < -0.3 is 5.73 Å². The fourth-order valence-electron chi connectivity index (χ4n) is 0.849. The molecular weight excluding hydrogens is 190 g/mol. The van der Waals surface area contributed by atoms with Gasteiger partial charge in [-0.15, -0.1) is 0 Å². The van der Waals surface area contributed by atoms with Crippen LogP contribution >= 0.6 is 0 Å². The summed E-state index contributed by atoms with van der Waals surface area (Å²) in [5, 5.41) is 0. The zero-order chi connectivity index (χ0) is 10.5. The third-order valence-electron chi connectivity index (χ3n) is 1.47. The molecular formula is C8H15NO3S. The van der Waals surface area contributed by atoms with Gasteiger partial charge in [-0.25, -0.2) is 0 Å². The van der Waals surface area contributed by atoms with Crippen LogP contribution in [0.25, 0.3) is 0 Å². The van der Waals surface area contributed by atoms with Crippen LogP contribution in [0.4, 0.5) is 0 Å². The van der Waals surface area contributed by atoms with Gasteiger partial charge in [0.2, 0.25) is 0 Å². The maximum Gasteiger partial charge on any atom is 0.290 e. The van der Waals surface area contributed by atoms with Gasteiger partial charge in [0.1, 0.15) is 0 Å². The molecule has 0 unspecified atom stereocenters. The normalized spacial score (nSPS) is 16.5. The van der Waals surface area contributed by atoms with E-state index in [0.29, 0.717) is 18.5 Å². The van der Waals surface area contributed by atoms with Gasteiger partial charge in [-0.1, -0.05) is 13.8 Å². The van der Waals surface area contributed by atoms with Crippen LogP contribution in [0.5, 0.6) is 0 Å². The minimum Gasteiger partial charge on any atom is -0.402 e. The van der Waals surface area contributed by atoms with E-state index in [4.69, 9.17) is 10.3 Å².